The molecule has 26 heavy (non-hydrogen) atoms. The van der Waals surface area contributed by atoms with Crippen LogP contribution in [0, 0.1) is 13.8 Å². The Bertz CT molecular complexity index is 896. The lowest BCUT2D eigenvalue weighted by molar-refractivity contribution is 0.102. The van der Waals surface area contributed by atoms with E-state index in [0.717, 1.165) is 31.4 Å². The van der Waals surface area contributed by atoms with Crippen LogP contribution in [-0.2, 0) is 0 Å². The Balaban J connectivity index is 0.000000228. The van der Waals surface area contributed by atoms with Gasteiger partial charge >= 0.3 is 0 Å². The number of carbonyl (C=O) groups is 1. The van der Waals surface area contributed by atoms with Crippen LogP contribution in [0.5, 0.6) is 0 Å². The molecule has 3 nitrogen and oxygen atoms in total. The average molecular weight is 476 g/mol. The Labute approximate surface area is 170 Å². The summed E-state index contributed by atoms with van der Waals surface area (Å²) in [5, 5.41) is 2.90. The molecular formula is C21H20Br2N2O. The van der Waals surface area contributed by atoms with Gasteiger partial charge in [0.15, 0.2) is 0 Å². The SMILES string of the molecule is Cc1ccc(Br)cc1N.Cc1ccc(Br)cc1NC(=O)c1ccccc1. The van der Waals surface area contributed by atoms with Crippen molar-refractivity contribution in [1.82, 2.24) is 0 Å². The van der Waals surface area contributed by atoms with Crippen LogP contribution in [0.25, 0.3) is 0 Å². The van der Waals surface area contributed by atoms with E-state index in [1.165, 1.54) is 0 Å². The largest absolute Gasteiger partial charge is 0.398 e. The van der Waals surface area contributed by atoms with Gasteiger partial charge in [0.05, 0.1) is 0 Å². The third kappa shape index (κ3) is 6.00. The Morgan fingerprint density at radius 1 is 0.846 bits per heavy atom. The van der Waals surface area contributed by atoms with Crippen molar-refractivity contribution in [1.29, 1.82) is 0 Å². The van der Waals surface area contributed by atoms with E-state index in [2.05, 4.69) is 37.2 Å². The topological polar surface area (TPSA) is 55.1 Å². The lowest BCUT2D eigenvalue weighted by Gasteiger charge is -2.08. The molecule has 5 heteroatoms. The molecule has 0 heterocycles. The van der Waals surface area contributed by atoms with Crippen molar-refractivity contribution in [2.24, 2.45) is 0 Å². The van der Waals surface area contributed by atoms with Crippen LogP contribution in [0.15, 0.2) is 75.7 Å². The van der Waals surface area contributed by atoms with Gasteiger partial charge in [0.25, 0.3) is 5.91 Å². The predicted molar refractivity (Wildman–Crippen MR) is 117 cm³/mol. The van der Waals surface area contributed by atoms with Gasteiger partial charge in [-0.05, 0) is 61.4 Å². The zero-order valence-electron chi connectivity index (χ0n) is 14.6. The lowest BCUT2D eigenvalue weighted by Crippen LogP contribution is -2.12. The van der Waals surface area contributed by atoms with Gasteiger partial charge < -0.3 is 11.1 Å². The molecule has 0 aliphatic rings. The Morgan fingerprint density at radius 2 is 1.42 bits per heavy atom. The molecule has 0 spiro atoms. The summed E-state index contributed by atoms with van der Waals surface area (Å²) in [5.74, 6) is -0.0909. The number of rotatable bonds is 2. The molecular weight excluding hydrogens is 456 g/mol. The second-order valence-electron chi connectivity index (χ2n) is 5.78. The minimum absolute atomic E-state index is 0.0909. The third-order valence-electron chi connectivity index (χ3n) is 3.73. The van der Waals surface area contributed by atoms with Crippen molar-refractivity contribution in [3.05, 3.63) is 92.4 Å². The monoisotopic (exact) mass is 474 g/mol. The molecule has 0 saturated carbocycles. The Kier molecular flexibility index (Phi) is 7.42. The van der Waals surface area contributed by atoms with E-state index >= 15 is 0 Å². The Morgan fingerprint density at radius 3 is 2.00 bits per heavy atom. The first-order valence-electron chi connectivity index (χ1n) is 8.01. The number of hydrogen-bond acceptors (Lipinski definition) is 2. The molecule has 0 fully saturated rings. The molecule has 0 aliphatic carbocycles. The van der Waals surface area contributed by atoms with Crippen molar-refractivity contribution in [2.75, 3.05) is 11.1 Å². The zero-order chi connectivity index (χ0) is 19.1. The third-order valence-corrected chi connectivity index (χ3v) is 4.71. The van der Waals surface area contributed by atoms with Gasteiger partial charge in [0, 0.05) is 25.9 Å². The first kappa shape index (κ1) is 20.2. The number of amides is 1. The molecule has 0 atom stereocenters. The van der Waals surface area contributed by atoms with E-state index in [4.69, 9.17) is 5.73 Å². The summed E-state index contributed by atoms with van der Waals surface area (Å²) in [6.45, 7) is 3.95. The van der Waals surface area contributed by atoms with E-state index in [9.17, 15) is 4.79 Å². The van der Waals surface area contributed by atoms with Gasteiger partial charge in [-0.15, -0.1) is 0 Å². The van der Waals surface area contributed by atoms with Gasteiger partial charge in [-0.3, -0.25) is 4.79 Å². The maximum absolute atomic E-state index is 12.0. The summed E-state index contributed by atoms with van der Waals surface area (Å²) in [7, 11) is 0. The predicted octanol–water partition coefficient (Wildman–Crippen LogP) is 6.35. The summed E-state index contributed by atoms with van der Waals surface area (Å²) in [4.78, 5) is 12.0. The summed E-state index contributed by atoms with van der Waals surface area (Å²) in [6, 6.07) is 20.9. The molecule has 3 N–H and O–H groups in total. The molecule has 3 aromatic rings. The molecule has 1 amide bonds. The smallest absolute Gasteiger partial charge is 0.255 e. The van der Waals surface area contributed by atoms with E-state index < -0.39 is 0 Å². The zero-order valence-corrected chi connectivity index (χ0v) is 17.8. The van der Waals surface area contributed by atoms with Gasteiger partial charge in [0.2, 0.25) is 0 Å². The van der Waals surface area contributed by atoms with Crippen molar-refractivity contribution in [3.8, 4) is 0 Å². The van der Waals surface area contributed by atoms with Gasteiger partial charge in [-0.25, -0.2) is 0 Å². The van der Waals surface area contributed by atoms with Crippen LogP contribution < -0.4 is 11.1 Å². The van der Waals surface area contributed by atoms with Crippen LogP contribution in [0.4, 0.5) is 11.4 Å². The van der Waals surface area contributed by atoms with E-state index in [1.54, 1.807) is 12.1 Å². The first-order chi connectivity index (χ1) is 12.4. The summed E-state index contributed by atoms with van der Waals surface area (Å²) in [6.07, 6.45) is 0. The molecule has 0 aromatic heterocycles. The van der Waals surface area contributed by atoms with Gasteiger partial charge in [-0.1, -0.05) is 62.2 Å². The number of carbonyl (C=O) groups excluding carboxylic acids is 1. The number of benzene rings is 3. The van der Waals surface area contributed by atoms with Crippen LogP contribution in [-0.4, -0.2) is 5.91 Å². The molecule has 0 saturated heterocycles. The quantitative estimate of drug-likeness (QED) is 0.424. The minimum atomic E-state index is -0.0909. The number of nitrogens with one attached hydrogen (secondary N) is 1. The van der Waals surface area contributed by atoms with E-state index in [0.29, 0.717) is 5.56 Å². The highest BCUT2D eigenvalue weighted by molar-refractivity contribution is 9.10. The standard InChI is InChI=1S/C14H12BrNO.C7H8BrN/c1-10-7-8-12(15)9-13(10)16-14(17)11-5-3-2-4-6-11;1-5-2-3-6(8)4-7(5)9/h2-9H,1H3,(H,16,17);2-4H,9H2,1H3. The Hall–Kier alpha value is -2.11. The maximum atomic E-state index is 12.0. The molecule has 3 rings (SSSR count). The maximum Gasteiger partial charge on any atom is 0.255 e. The second kappa shape index (κ2) is 9.55. The number of hydrogen-bond donors (Lipinski definition) is 2. The molecule has 0 unspecified atom stereocenters. The highest BCUT2D eigenvalue weighted by atomic mass is 79.9. The van der Waals surface area contributed by atoms with Crippen LogP contribution in [0.1, 0.15) is 21.5 Å². The molecule has 3 aromatic carbocycles. The van der Waals surface area contributed by atoms with Gasteiger partial charge in [-0.2, -0.15) is 0 Å². The fourth-order valence-electron chi connectivity index (χ4n) is 2.12. The van der Waals surface area contributed by atoms with Gasteiger partial charge in [0.1, 0.15) is 0 Å². The summed E-state index contributed by atoms with van der Waals surface area (Å²) in [5.41, 5.74) is 10.1. The van der Waals surface area contributed by atoms with Crippen LogP contribution >= 0.6 is 31.9 Å². The van der Waals surface area contributed by atoms with E-state index in [1.807, 2.05) is 68.4 Å². The highest BCUT2D eigenvalue weighted by Gasteiger charge is 2.07. The minimum Gasteiger partial charge on any atom is -0.398 e. The summed E-state index contributed by atoms with van der Waals surface area (Å²) >= 11 is 6.71. The number of nitrogen functional groups attached to an aromatic ring is 1. The van der Waals surface area contributed by atoms with Crippen molar-refractivity contribution in [3.63, 3.8) is 0 Å². The highest BCUT2D eigenvalue weighted by Crippen LogP contribution is 2.21. The number of aryl methyl sites for hydroxylation is 2. The normalized spacial score (nSPS) is 9.85. The molecule has 0 radical (unpaired) electrons. The summed E-state index contributed by atoms with van der Waals surface area (Å²) < 4.78 is 1.98. The van der Waals surface area contributed by atoms with Crippen LogP contribution in [0.2, 0.25) is 0 Å². The second-order valence-corrected chi connectivity index (χ2v) is 7.61. The molecule has 0 bridgehead atoms. The van der Waals surface area contributed by atoms with Crippen molar-refractivity contribution in [2.45, 2.75) is 13.8 Å². The average Bonchev–Trinajstić information content (AvgIpc) is 2.63. The molecule has 134 valence electrons. The molecule has 0 aliphatic heterocycles. The number of halogens is 2. The number of nitrogens with two attached hydrogens (primary N) is 1. The fourth-order valence-corrected chi connectivity index (χ4v) is 2.86. The lowest BCUT2D eigenvalue weighted by atomic mass is 10.1. The first-order valence-corrected chi connectivity index (χ1v) is 9.59. The van der Waals surface area contributed by atoms with Crippen molar-refractivity contribution >= 4 is 49.1 Å². The van der Waals surface area contributed by atoms with E-state index in [-0.39, 0.29) is 5.91 Å². The fraction of sp³-hybridized carbons (Fsp3) is 0.0952. The number of anilines is 2. The van der Waals surface area contributed by atoms with Crippen LogP contribution in [0.3, 0.4) is 0 Å². The van der Waals surface area contributed by atoms with Crippen molar-refractivity contribution < 1.29 is 4.79 Å².